The molecular formula is C19H29O3. The van der Waals surface area contributed by atoms with Crippen molar-refractivity contribution in [1.29, 1.82) is 0 Å². The van der Waals surface area contributed by atoms with Crippen LogP contribution in [0.3, 0.4) is 0 Å². The zero-order valence-electron chi connectivity index (χ0n) is 14.2. The Labute approximate surface area is 135 Å². The summed E-state index contributed by atoms with van der Waals surface area (Å²) < 4.78 is 11.6. The van der Waals surface area contributed by atoms with Gasteiger partial charge in [0.2, 0.25) is 0 Å². The van der Waals surface area contributed by atoms with E-state index >= 15 is 0 Å². The van der Waals surface area contributed by atoms with Gasteiger partial charge in [-0.15, -0.1) is 0 Å². The van der Waals surface area contributed by atoms with Gasteiger partial charge in [0.1, 0.15) is 17.1 Å². The van der Waals surface area contributed by atoms with Gasteiger partial charge >= 0.3 is 0 Å². The maximum Gasteiger partial charge on any atom is 0.170 e. The van der Waals surface area contributed by atoms with Crippen LogP contribution in [0.5, 0.6) is 11.5 Å². The monoisotopic (exact) mass is 305 g/mol. The van der Waals surface area contributed by atoms with Crippen molar-refractivity contribution >= 4 is 5.78 Å². The van der Waals surface area contributed by atoms with Crippen molar-refractivity contribution in [1.82, 2.24) is 0 Å². The third-order valence-electron chi connectivity index (χ3n) is 3.31. The van der Waals surface area contributed by atoms with Gasteiger partial charge in [-0.05, 0) is 30.9 Å². The molecule has 0 heterocycles. The molecule has 3 nitrogen and oxygen atoms in total. The molecule has 0 aliphatic rings. The average Bonchev–Trinajstić information content (AvgIpc) is 2.47. The zero-order valence-corrected chi connectivity index (χ0v) is 14.2. The quantitative estimate of drug-likeness (QED) is 0.422. The van der Waals surface area contributed by atoms with Crippen LogP contribution in [0.25, 0.3) is 0 Å². The molecule has 123 valence electrons. The van der Waals surface area contributed by atoms with Crippen molar-refractivity contribution in [3.05, 3.63) is 30.7 Å². The lowest BCUT2D eigenvalue weighted by Gasteiger charge is -2.16. The largest absolute Gasteiger partial charge is 0.493 e. The minimum absolute atomic E-state index is 0.0427. The highest BCUT2D eigenvalue weighted by Gasteiger charge is 2.19. The first-order chi connectivity index (χ1) is 10.6. The Morgan fingerprint density at radius 3 is 2.00 bits per heavy atom. The number of hydrogen-bond donors (Lipinski definition) is 0. The summed E-state index contributed by atoms with van der Waals surface area (Å²) in [6.45, 7) is 11.3. The first kappa shape index (κ1) is 18.5. The molecule has 0 bridgehead atoms. The predicted octanol–water partition coefficient (Wildman–Crippen LogP) is 5.09. The summed E-state index contributed by atoms with van der Waals surface area (Å²) in [5.74, 6) is 1.38. The van der Waals surface area contributed by atoms with Crippen molar-refractivity contribution in [2.45, 2.75) is 52.9 Å². The molecule has 1 rings (SSSR count). The van der Waals surface area contributed by atoms with Crippen LogP contribution in [-0.4, -0.2) is 19.0 Å². The number of carbonyl (C=O) groups is 1. The fourth-order valence-corrected chi connectivity index (χ4v) is 2.10. The lowest BCUT2D eigenvalue weighted by molar-refractivity contribution is 0.0963. The summed E-state index contributed by atoms with van der Waals surface area (Å²) in [6.07, 6.45) is 4.47. The first-order valence-electron chi connectivity index (χ1n) is 8.35. The van der Waals surface area contributed by atoms with Gasteiger partial charge in [0.15, 0.2) is 5.78 Å². The molecule has 0 N–H and O–H groups in total. The molecule has 1 aromatic carbocycles. The molecule has 0 fully saturated rings. The van der Waals surface area contributed by atoms with Gasteiger partial charge < -0.3 is 9.47 Å². The van der Waals surface area contributed by atoms with Gasteiger partial charge in [0.05, 0.1) is 13.2 Å². The molecule has 3 heteroatoms. The molecule has 0 saturated heterocycles. The molecule has 1 aromatic rings. The van der Waals surface area contributed by atoms with Gasteiger partial charge in [-0.1, -0.05) is 46.6 Å². The number of rotatable bonds is 11. The molecule has 22 heavy (non-hydrogen) atoms. The number of benzene rings is 1. The molecule has 0 saturated carbocycles. The van der Waals surface area contributed by atoms with E-state index in [1.165, 1.54) is 0 Å². The van der Waals surface area contributed by atoms with E-state index in [9.17, 15) is 4.79 Å². The van der Waals surface area contributed by atoms with E-state index in [0.29, 0.717) is 36.7 Å². The van der Waals surface area contributed by atoms with E-state index in [0.717, 1.165) is 25.7 Å². The lowest BCUT2D eigenvalue weighted by Crippen LogP contribution is -2.11. The molecule has 1 unspecified atom stereocenters. The predicted molar refractivity (Wildman–Crippen MR) is 90.7 cm³/mol. The first-order valence-corrected chi connectivity index (χ1v) is 8.35. The molecule has 1 radical (unpaired) electrons. The van der Waals surface area contributed by atoms with Gasteiger partial charge in [-0.3, -0.25) is 4.79 Å². The van der Waals surface area contributed by atoms with Gasteiger partial charge in [-0.25, -0.2) is 0 Å². The standard InChI is InChI=1S/C19H29O3/c1-5-7-12-21-17-10-9-11-18(22-13-8-6-2)19(17)16(20)14-15(3)4/h9-11,15H,3,5-8,12-14H2,1-2,4H3. The SMILES string of the molecule is [CH2]C(C)CC(=O)c1c(OCCCC)cccc1OCCCC. The Hall–Kier alpha value is -1.51. The van der Waals surface area contributed by atoms with E-state index in [-0.39, 0.29) is 11.7 Å². The van der Waals surface area contributed by atoms with E-state index in [1.54, 1.807) is 0 Å². The number of Topliss-reactive ketones (excluding diaryl/α,β-unsaturated/α-hetero) is 1. The van der Waals surface area contributed by atoms with Crippen LogP contribution in [0.15, 0.2) is 18.2 Å². The van der Waals surface area contributed by atoms with Gasteiger partial charge in [0.25, 0.3) is 0 Å². The lowest BCUT2D eigenvalue weighted by atomic mass is 9.99. The van der Waals surface area contributed by atoms with E-state index in [1.807, 2.05) is 25.1 Å². The molecular weight excluding hydrogens is 276 g/mol. The Kier molecular flexibility index (Phi) is 8.64. The van der Waals surface area contributed by atoms with Crippen molar-refractivity contribution < 1.29 is 14.3 Å². The smallest absolute Gasteiger partial charge is 0.170 e. The fraction of sp³-hybridized carbons (Fsp3) is 0.579. The normalized spacial score (nSPS) is 10.8. The highest BCUT2D eigenvalue weighted by atomic mass is 16.5. The average molecular weight is 305 g/mol. The van der Waals surface area contributed by atoms with Crippen molar-refractivity contribution in [3.63, 3.8) is 0 Å². The second-order valence-electron chi connectivity index (χ2n) is 5.77. The number of ketones is 1. The minimum atomic E-state index is 0.0427. The summed E-state index contributed by atoms with van der Waals surface area (Å²) in [5, 5.41) is 0. The van der Waals surface area contributed by atoms with E-state index < -0.39 is 0 Å². The van der Waals surface area contributed by atoms with Crippen molar-refractivity contribution in [2.24, 2.45) is 5.92 Å². The summed E-state index contributed by atoms with van der Waals surface area (Å²) >= 11 is 0. The number of carbonyl (C=O) groups excluding carboxylic acids is 1. The van der Waals surface area contributed by atoms with Crippen LogP contribution in [0, 0.1) is 12.8 Å². The summed E-state index contributed by atoms with van der Waals surface area (Å²) in [4.78, 5) is 12.6. The molecule has 0 spiro atoms. The van der Waals surface area contributed by atoms with Crippen LogP contribution >= 0.6 is 0 Å². The molecule has 0 aromatic heterocycles. The van der Waals surface area contributed by atoms with Crippen LogP contribution in [0.4, 0.5) is 0 Å². The Balaban J connectivity index is 2.97. The second kappa shape index (κ2) is 10.3. The van der Waals surface area contributed by atoms with E-state index in [4.69, 9.17) is 9.47 Å². The van der Waals surface area contributed by atoms with Gasteiger partial charge in [-0.2, -0.15) is 0 Å². The maximum atomic E-state index is 12.6. The van der Waals surface area contributed by atoms with Gasteiger partial charge in [0, 0.05) is 6.42 Å². The van der Waals surface area contributed by atoms with Crippen LogP contribution in [0.2, 0.25) is 0 Å². The van der Waals surface area contributed by atoms with Crippen molar-refractivity contribution in [3.8, 4) is 11.5 Å². The molecule has 1 atom stereocenters. The Morgan fingerprint density at radius 1 is 1.09 bits per heavy atom. The number of hydrogen-bond acceptors (Lipinski definition) is 3. The Morgan fingerprint density at radius 2 is 1.59 bits per heavy atom. The third kappa shape index (κ3) is 6.08. The maximum absolute atomic E-state index is 12.6. The van der Waals surface area contributed by atoms with E-state index in [2.05, 4.69) is 20.8 Å². The topological polar surface area (TPSA) is 35.5 Å². The number of unbranched alkanes of at least 4 members (excludes halogenated alkanes) is 2. The second-order valence-corrected chi connectivity index (χ2v) is 5.77. The highest BCUT2D eigenvalue weighted by Crippen LogP contribution is 2.31. The zero-order chi connectivity index (χ0) is 16.4. The molecule has 0 aliphatic carbocycles. The molecule has 0 aliphatic heterocycles. The molecule has 0 amide bonds. The van der Waals surface area contributed by atoms with Crippen LogP contribution in [-0.2, 0) is 0 Å². The highest BCUT2D eigenvalue weighted by molar-refractivity contribution is 6.01. The fourth-order valence-electron chi connectivity index (χ4n) is 2.10. The van der Waals surface area contributed by atoms with Crippen LogP contribution in [0.1, 0.15) is 63.2 Å². The van der Waals surface area contributed by atoms with Crippen molar-refractivity contribution in [2.75, 3.05) is 13.2 Å². The number of ether oxygens (including phenoxy) is 2. The summed E-state index contributed by atoms with van der Waals surface area (Å²) in [5.41, 5.74) is 0.574. The minimum Gasteiger partial charge on any atom is -0.493 e. The summed E-state index contributed by atoms with van der Waals surface area (Å²) in [6, 6.07) is 5.58. The van der Waals surface area contributed by atoms with Crippen LogP contribution < -0.4 is 9.47 Å². The third-order valence-corrected chi connectivity index (χ3v) is 3.31. The summed E-state index contributed by atoms with van der Waals surface area (Å²) in [7, 11) is 0. The Bertz CT molecular complexity index is 424.